The van der Waals surface area contributed by atoms with E-state index in [1.165, 1.54) is 0 Å². The molecular formula is C21H25N3O3. The number of hydrogen-bond acceptors (Lipinski definition) is 4. The predicted octanol–water partition coefficient (Wildman–Crippen LogP) is 2.02. The van der Waals surface area contributed by atoms with Gasteiger partial charge in [-0.05, 0) is 29.8 Å². The van der Waals surface area contributed by atoms with Crippen LogP contribution in [0.1, 0.15) is 5.56 Å². The van der Waals surface area contributed by atoms with Gasteiger partial charge in [0.1, 0.15) is 5.75 Å². The third kappa shape index (κ3) is 5.56. The molecule has 27 heavy (non-hydrogen) atoms. The number of hydrogen-bond donors (Lipinski definition) is 1. The first-order valence-electron chi connectivity index (χ1n) is 9.12. The minimum absolute atomic E-state index is 0.0285. The smallest absolute Gasteiger partial charge is 0.238 e. The van der Waals surface area contributed by atoms with Crippen LogP contribution in [0.3, 0.4) is 0 Å². The molecule has 2 aromatic rings. The zero-order chi connectivity index (χ0) is 19.1. The molecule has 0 radical (unpaired) electrons. The van der Waals surface area contributed by atoms with Crippen molar-refractivity contribution in [2.75, 3.05) is 45.2 Å². The maximum absolute atomic E-state index is 12.5. The molecule has 1 fully saturated rings. The molecule has 6 nitrogen and oxygen atoms in total. The van der Waals surface area contributed by atoms with Crippen LogP contribution in [0.5, 0.6) is 5.75 Å². The Kier molecular flexibility index (Phi) is 6.44. The average molecular weight is 367 g/mol. The van der Waals surface area contributed by atoms with Gasteiger partial charge >= 0.3 is 0 Å². The molecule has 142 valence electrons. The number of nitrogens with zero attached hydrogens (tertiary/aromatic N) is 2. The molecule has 2 aromatic carbocycles. The van der Waals surface area contributed by atoms with Crippen LogP contribution in [-0.4, -0.2) is 61.4 Å². The van der Waals surface area contributed by atoms with Gasteiger partial charge in [-0.3, -0.25) is 14.5 Å². The number of rotatable bonds is 6. The average Bonchev–Trinajstić information content (AvgIpc) is 2.70. The van der Waals surface area contributed by atoms with Crippen molar-refractivity contribution in [1.29, 1.82) is 0 Å². The van der Waals surface area contributed by atoms with Crippen LogP contribution in [0.15, 0.2) is 54.6 Å². The molecule has 1 aliphatic rings. The summed E-state index contributed by atoms with van der Waals surface area (Å²) in [5.41, 5.74) is 1.78. The molecule has 0 aromatic heterocycles. The topological polar surface area (TPSA) is 61.9 Å². The second-order valence-electron chi connectivity index (χ2n) is 6.60. The van der Waals surface area contributed by atoms with E-state index in [9.17, 15) is 9.59 Å². The Labute approximate surface area is 159 Å². The number of nitrogens with one attached hydrogen (secondary N) is 1. The number of para-hydroxylation sites is 1. The monoisotopic (exact) mass is 367 g/mol. The number of ether oxygens (including phenoxy) is 1. The van der Waals surface area contributed by atoms with Crippen LogP contribution in [0, 0.1) is 0 Å². The lowest BCUT2D eigenvalue weighted by Gasteiger charge is -2.34. The quantitative estimate of drug-likeness (QED) is 0.849. The predicted molar refractivity (Wildman–Crippen MR) is 105 cm³/mol. The molecule has 1 aliphatic heterocycles. The summed E-state index contributed by atoms with van der Waals surface area (Å²) in [5, 5.41) is 2.89. The lowest BCUT2D eigenvalue weighted by molar-refractivity contribution is -0.132. The van der Waals surface area contributed by atoms with Crippen molar-refractivity contribution in [3.05, 3.63) is 60.2 Å². The first-order valence-corrected chi connectivity index (χ1v) is 9.12. The minimum atomic E-state index is -0.0285. The van der Waals surface area contributed by atoms with E-state index in [1.807, 2.05) is 59.5 Å². The van der Waals surface area contributed by atoms with Gasteiger partial charge in [0.05, 0.1) is 20.1 Å². The molecule has 6 heteroatoms. The van der Waals surface area contributed by atoms with E-state index >= 15 is 0 Å². The Morgan fingerprint density at radius 2 is 1.63 bits per heavy atom. The van der Waals surface area contributed by atoms with E-state index in [-0.39, 0.29) is 11.8 Å². The van der Waals surface area contributed by atoms with Crippen LogP contribution >= 0.6 is 0 Å². The summed E-state index contributed by atoms with van der Waals surface area (Å²) in [6, 6.07) is 17.0. The fourth-order valence-electron chi connectivity index (χ4n) is 3.11. The maximum atomic E-state index is 12.5. The summed E-state index contributed by atoms with van der Waals surface area (Å²) >= 11 is 0. The Hall–Kier alpha value is -2.86. The summed E-state index contributed by atoms with van der Waals surface area (Å²) < 4.78 is 5.14. The van der Waals surface area contributed by atoms with Crippen molar-refractivity contribution < 1.29 is 14.3 Å². The second kappa shape index (κ2) is 9.19. The highest BCUT2D eigenvalue weighted by Gasteiger charge is 2.22. The second-order valence-corrected chi connectivity index (χ2v) is 6.60. The number of piperazine rings is 1. The van der Waals surface area contributed by atoms with Crippen molar-refractivity contribution in [3.63, 3.8) is 0 Å². The van der Waals surface area contributed by atoms with Crippen LogP contribution in [0.2, 0.25) is 0 Å². The Balaban J connectivity index is 1.42. The van der Waals surface area contributed by atoms with E-state index in [2.05, 4.69) is 10.2 Å². The Morgan fingerprint density at radius 3 is 2.26 bits per heavy atom. The zero-order valence-electron chi connectivity index (χ0n) is 15.6. The van der Waals surface area contributed by atoms with E-state index in [0.717, 1.165) is 17.0 Å². The molecule has 1 N–H and O–H groups in total. The minimum Gasteiger partial charge on any atom is -0.497 e. The van der Waals surface area contributed by atoms with Crippen LogP contribution < -0.4 is 10.1 Å². The lowest BCUT2D eigenvalue weighted by Crippen LogP contribution is -2.50. The standard InChI is InChI=1S/C21H25N3O3/c1-27-19-9-7-17(8-10-19)15-21(26)24-13-11-23(12-14-24)16-20(25)22-18-5-3-2-4-6-18/h2-10H,11-16H2,1H3,(H,22,25). The van der Waals surface area contributed by atoms with Gasteiger partial charge in [-0.1, -0.05) is 30.3 Å². The summed E-state index contributed by atoms with van der Waals surface area (Å²) in [6.07, 6.45) is 0.387. The zero-order valence-corrected chi connectivity index (χ0v) is 15.6. The van der Waals surface area contributed by atoms with Crippen molar-refractivity contribution in [2.45, 2.75) is 6.42 Å². The molecular weight excluding hydrogens is 342 g/mol. The molecule has 1 heterocycles. The number of carbonyl (C=O) groups excluding carboxylic acids is 2. The number of amides is 2. The largest absolute Gasteiger partial charge is 0.497 e. The fraction of sp³-hybridized carbons (Fsp3) is 0.333. The summed E-state index contributed by atoms with van der Waals surface area (Å²) in [7, 11) is 1.62. The van der Waals surface area contributed by atoms with Gasteiger partial charge in [0.2, 0.25) is 11.8 Å². The highest BCUT2D eigenvalue weighted by molar-refractivity contribution is 5.92. The first kappa shape index (κ1) is 18.9. The molecule has 0 bridgehead atoms. The van der Waals surface area contributed by atoms with Gasteiger partial charge in [0.15, 0.2) is 0 Å². The van der Waals surface area contributed by atoms with Gasteiger partial charge < -0.3 is 15.0 Å². The van der Waals surface area contributed by atoms with E-state index in [1.54, 1.807) is 7.11 Å². The van der Waals surface area contributed by atoms with E-state index in [0.29, 0.717) is 39.1 Å². The third-order valence-electron chi connectivity index (χ3n) is 4.66. The van der Waals surface area contributed by atoms with Gasteiger partial charge in [-0.25, -0.2) is 0 Å². The highest BCUT2D eigenvalue weighted by atomic mass is 16.5. The van der Waals surface area contributed by atoms with Crippen LogP contribution in [-0.2, 0) is 16.0 Å². The van der Waals surface area contributed by atoms with E-state index < -0.39 is 0 Å². The molecule has 1 saturated heterocycles. The van der Waals surface area contributed by atoms with Crippen molar-refractivity contribution in [3.8, 4) is 5.75 Å². The summed E-state index contributed by atoms with van der Waals surface area (Å²) in [6.45, 7) is 3.05. The molecule has 0 spiro atoms. The van der Waals surface area contributed by atoms with Crippen molar-refractivity contribution in [1.82, 2.24) is 9.80 Å². The molecule has 3 rings (SSSR count). The SMILES string of the molecule is COc1ccc(CC(=O)N2CCN(CC(=O)Nc3ccccc3)CC2)cc1. The van der Waals surface area contributed by atoms with Crippen molar-refractivity contribution in [2.24, 2.45) is 0 Å². The molecule has 0 saturated carbocycles. The van der Waals surface area contributed by atoms with Gasteiger partial charge in [0, 0.05) is 31.9 Å². The van der Waals surface area contributed by atoms with Crippen LogP contribution in [0.25, 0.3) is 0 Å². The number of benzene rings is 2. The maximum Gasteiger partial charge on any atom is 0.238 e. The fourth-order valence-corrected chi connectivity index (χ4v) is 3.11. The molecule has 0 atom stereocenters. The summed E-state index contributed by atoms with van der Waals surface area (Å²) in [5.74, 6) is 0.876. The third-order valence-corrected chi connectivity index (χ3v) is 4.66. The summed E-state index contributed by atoms with van der Waals surface area (Å²) in [4.78, 5) is 28.6. The van der Waals surface area contributed by atoms with E-state index in [4.69, 9.17) is 4.74 Å². The Bertz CT molecular complexity index is 754. The number of methoxy groups -OCH3 is 1. The van der Waals surface area contributed by atoms with Gasteiger partial charge in [0.25, 0.3) is 0 Å². The normalized spacial score (nSPS) is 14.6. The Morgan fingerprint density at radius 1 is 0.963 bits per heavy atom. The van der Waals surface area contributed by atoms with Gasteiger partial charge in [-0.15, -0.1) is 0 Å². The lowest BCUT2D eigenvalue weighted by atomic mass is 10.1. The number of carbonyl (C=O) groups is 2. The molecule has 0 unspecified atom stereocenters. The molecule has 0 aliphatic carbocycles. The molecule has 2 amide bonds. The van der Waals surface area contributed by atoms with Crippen molar-refractivity contribution >= 4 is 17.5 Å². The van der Waals surface area contributed by atoms with Crippen LogP contribution in [0.4, 0.5) is 5.69 Å². The number of anilines is 1. The highest BCUT2D eigenvalue weighted by Crippen LogP contribution is 2.13. The van der Waals surface area contributed by atoms with Gasteiger partial charge in [-0.2, -0.15) is 0 Å². The first-order chi connectivity index (χ1) is 13.1.